The SMILES string of the molecule is CCCC[N+]1(C(CC)S(=O)(=O)O)CCS(=O)(=O)CC1. The summed E-state index contributed by atoms with van der Waals surface area (Å²) in [5, 5.41) is -0.908. The highest BCUT2D eigenvalue weighted by Gasteiger charge is 2.46. The van der Waals surface area contributed by atoms with Gasteiger partial charge in [-0.1, -0.05) is 20.3 Å². The molecule has 1 N–H and O–H groups in total. The van der Waals surface area contributed by atoms with Gasteiger partial charge in [0.25, 0.3) is 0 Å². The molecule has 0 saturated carbocycles. The Balaban J connectivity index is 3.07. The van der Waals surface area contributed by atoms with Crippen molar-refractivity contribution in [3.63, 3.8) is 0 Å². The first-order valence-corrected chi connectivity index (χ1v) is 10.0. The molecule has 0 radical (unpaired) electrons. The number of hydrogen-bond acceptors (Lipinski definition) is 4. The molecule has 1 rings (SSSR count). The van der Waals surface area contributed by atoms with E-state index in [1.165, 1.54) is 0 Å². The van der Waals surface area contributed by atoms with Crippen molar-refractivity contribution in [1.29, 1.82) is 0 Å². The van der Waals surface area contributed by atoms with E-state index in [9.17, 15) is 21.4 Å². The Labute approximate surface area is 116 Å². The standard InChI is InChI=1S/C11H23NO5S2/c1-3-5-6-12(11(4-2)19(15,16)17)7-9-18(13,14)10-8-12/h11H,3-10H2,1-2H3/p+1. The number of unbranched alkanes of at least 4 members (excludes halogenated alkanes) is 1. The van der Waals surface area contributed by atoms with Crippen LogP contribution in [0.2, 0.25) is 0 Å². The Hall–Kier alpha value is -0.180. The van der Waals surface area contributed by atoms with Crippen LogP contribution in [0.5, 0.6) is 0 Å². The quantitative estimate of drug-likeness (QED) is 0.574. The van der Waals surface area contributed by atoms with Crippen LogP contribution in [0, 0.1) is 0 Å². The lowest BCUT2D eigenvalue weighted by Crippen LogP contribution is -2.64. The predicted octanol–water partition coefficient (Wildman–Crippen LogP) is 0.656. The normalized spacial score (nSPS) is 23.9. The van der Waals surface area contributed by atoms with Crippen molar-refractivity contribution >= 4 is 20.0 Å². The van der Waals surface area contributed by atoms with Crippen molar-refractivity contribution in [2.45, 2.75) is 38.5 Å². The largest absolute Gasteiger partial charge is 0.319 e. The Kier molecular flexibility index (Phi) is 5.39. The minimum absolute atomic E-state index is 0.00271. The Bertz CT molecular complexity index is 483. The minimum Gasteiger partial charge on any atom is -0.305 e. The summed E-state index contributed by atoms with van der Waals surface area (Å²) in [4.78, 5) is 0. The fourth-order valence-corrected chi connectivity index (χ4v) is 5.66. The topological polar surface area (TPSA) is 88.5 Å². The van der Waals surface area contributed by atoms with Crippen molar-refractivity contribution in [3.8, 4) is 0 Å². The molecule has 0 aromatic carbocycles. The zero-order valence-electron chi connectivity index (χ0n) is 11.6. The van der Waals surface area contributed by atoms with Crippen LogP contribution < -0.4 is 0 Å². The van der Waals surface area contributed by atoms with E-state index in [1.807, 2.05) is 6.92 Å². The molecule has 114 valence electrons. The summed E-state index contributed by atoms with van der Waals surface area (Å²) in [5.41, 5.74) is 0. The summed E-state index contributed by atoms with van der Waals surface area (Å²) in [5.74, 6) is 0.00543. The summed E-state index contributed by atoms with van der Waals surface area (Å²) in [6.45, 7) is 4.88. The lowest BCUT2D eigenvalue weighted by Gasteiger charge is -2.45. The van der Waals surface area contributed by atoms with Crippen LogP contribution in [0.4, 0.5) is 0 Å². The van der Waals surface area contributed by atoms with E-state index in [0.717, 1.165) is 12.8 Å². The third-order valence-electron chi connectivity index (χ3n) is 3.96. The van der Waals surface area contributed by atoms with E-state index in [-0.39, 0.29) is 29.1 Å². The second-order valence-corrected chi connectivity index (χ2v) is 9.15. The van der Waals surface area contributed by atoms with Crippen LogP contribution >= 0.6 is 0 Å². The summed E-state index contributed by atoms with van der Waals surface area (Å²) in [7, 11) is -7.22. The summed E-state index contributed by atoms with van der Waals surface area (Å²) in [6, 6.07) is 0. The van der Waals surface area contributed by atoms with Crippen molar-refractivity contribution in [2.75, 3.05) is 31.1 Å². The van der Waals surface area contributed by atoms with E-state index in [0.29, 0.717) is 13.0 Å². The number of nitrogens with zero attached hydrogens (tertiary/aromatic N) is 1. The summed E-state index contributed by atoms with van der Waals surface area (Å²) < 4.78 is 55.9. The first kappa shape index (κ1) is 16.9. The predicted molar refractivity (Wildman–Crippen MR) is 74.1 cm³/mol. The molecule has 1 fully saturated rings. The van der Waals surface area contributed by atoms with Gasteiger partial charge in [-0.25, -0.2) is 8.42 Å². The van der Waals surface area contributed by atoms with Gasteiger partial charge in [0.05, 0.1) is 31.1 Å². The average molecular weight is 314 g/mol. The van der Waals surface area contributed by atoms with Gasteiger partial charge in [0.15, 0.2) is 9.84 Å². The zero-order chi connectivity index (χ0) is 14.7. The fourth-order valence-electron chi connectivity index (χ4n) is 2.86. The van der Waals surface area contributed by atoms with Gasteiger partial charge in [-0.3, -0.25) is 4.55 Å². The first-order chi connectivity index (χ1) is 8.67. The van der Waals surface area contributed by atoms with Gasteiger partial charge in [-0.05, 0) is 6.42 Å². The summed E-state index contributed by atoms with van der Waals surface area (Å²) >= 11 is 0. The average Bonchev–Trinajstić information content (AvgIpc) is 2.29. The van der Waals surface area contributed by atoms with Crippen LogP contribution in [0.3, 0.4) is 0 Å². The minimum atomic E-state index is -4.16. The van der Waals surface area contributed by atoms with Gasteiger partial charge in [0, 0.05) is 6.42 Å². The van der Waals surface area contributed by atoms with Gasteiger partial charge in [-0.2, -0.15) is 8.42 Å². The molecule has 0 bridgehead atoms. The second-order valence-electron chi connectivity index (χ2n) is 5.27. The molecule has 1 unspecified atom stereocenters. The molecule has 6 nitrogen and oxygen atoms in total. The van der Waals surface area contributed by atoms with Crippen LogP contribution in [0.25, 0.3) is 0 Å². The van der Waals surface area contributed by atoms with E-state index in [1.54, 1.807) is 6.92 Å². The highest BCUT2D eigenvalue weighted by atomic mass is 32.2. The molecule has 0 aromatic rings. The van der Waals surface area contributed by atoms with Crippen LogP contribution in [-0.4, -0.2) is 62.4 Å². The molecular weight excluding hydrogens is 290 g/mol. The first-order valence-electron chi connectivity index (χ1n) is 6.69. The smallest absolute Gasteiger partial charge is 0.305 e. The number of sulfone groups is 1. The van der Waals surface area contributed by atoms with Crippen molar-refractivity contribution in [1.82, 2.24) is 0 Å². The molecule has 1 aliphatic rings. The molecule has 19 heavy (non-hydrogen) atoms. The monoisotopic (exact) mass is 314 g/mol. The third-order valence-corrected chi connectivity index (χ3v) is 7.03. The van der Waals surface area contributed by atoms with Crippen LogP contribution in [0.15, 0.2) is 0 Å². The van der Waals surface area contributed by atoms with Crippen molar-refractivity contribution in [2.24, 2.45) is 0 Å². The Morgan fingerprint density at radius 2 is 1.74 bits per heavy atom. The van der Waals surface area contributed by atoms with E-state index < -0.39 is 25.3 Å². The molecule has 1 atom stereocenters. The van der Waals surface area contributed by atoms with Crippen LogP contribution in [-0.2, 0) is 20.0 Å². The highest BCUT2D eigenvalue weighted by molar-refractivity contribution is 7.91. The second kappa shape index (κ2) is 6.07. The molecule has 1 heterocycles. The van der Waals surface area contributed by atoms with Crippen LogP contribution in [0.1, 0.15) is 33.1 Å². The molecule has 1 saturated heterocycles. The Morgan fingerprint density at radius 3 is 2.11 bits per heavy atom. The number of hydrogen-bond donors (Lipinski definition) is 1. The van der Waals surface area contributed by atoms with E-state index in [4.69, 9.17) is 0 Å². The molecule has 0 aliphatic carbocycles. The molecule has 8 heteroatoms. The molecule has 0 amide bonds. The maximum atomic E-state index is 11.6. The molecular formula is C11H24NO5S2+. The van der Waals surface area contributed by atoms with Gasteiger partial charge in [-0.15, -0.1) is 0 Å². The summed E-state index contributed by atoms with van der Waals surface area (Å²) in [6.07, 6.45) is 2.03. The van der Waals surface area contributed by atoms with E-state index in [2.05, 4.69) is 0 Å². The molecule has 1 aliphatic heterocycles. The maximum Gasteiger partial charge on any atom is 0.319 e. The Morgan fingerprint density at radius 1 is 1.21 bits per heavy atom. The maximum absolute atomic E-state index is 11.6. The fraction of sp³-hybridized carbons (Fsp3) is 1.00. The lowest BCUT2D eigenvalue weighted by molar-refractivity contribution is -0.936. The molecule has 0 spiro atoms. The van der Waals surface area contributed by atoms with Gasteiger partial charge < -0.3 is 4.48 Å². The van der Waals surface area contributed by atoms with Crippen molar-refractivity contribution < 1.29 is 25.9 Å². The molecule has 0 aromatic heterocycles. The number of quaternary nitrogens is 1. The van der Waals surface area contributed by atoms with Gasteiger partial charge in [0.2, 0.25) is 5.37 Å². The van der Waals surface area contributed by atoms with Gasteiger partial charge in [0.1, 0.15) is 0 Å². The zero-order valence-corrected chi connectivity index (χ0v) is 13.2. The lowest BCUT2D eigenvalue weighted by atomic mass is 10.2. The third kappa shape index (κ3) is 4.14. The number of rotatable bonds is 6. The highest BCUT2D eigenvalue weighted by Crippen LogP contribution is 2.26. The van der Waals surface area contributed by atoms with Crippen molar-refractivity contribution in [3.05, 3.63) is 0 Å². The van der Waals surface area contributed by atoms with Gasteiger partial charge >= 0.3 is 10.1 Å². The van der Waals surface area contributed by atoms with E-state index >= 15 is 0 Å².